The summed E-state index contributed by atoms with van der Waals surface area (Å²) in [6.07, 6.45) is 1.61. The fraction of sp³-hybridized carbons (Fsp3) is 0.0909. The molecule has 0 fully saturated rings. The minimum absolute atomic E-state index is 0.205. The maximum absolute atomic E-state index is 10.9. The second kappa shape index (κ2) is 5.54. The van der Waals surface area contributed by atoms with Gasteiger partial charge in [0, 0.05) is 17.6 Å². The number of nitrogens with zero attached hydrogens (tertiary/aromatic N) is 3. The summed E-state index contributed by atoms with van der Waals surface area (Å²) in [7, 11) is 0. The lowest BCUT2D eigenvalue weighted by atomic mass is 10.2. The summed E-state index contributed by atoms with van der Waals surface area (Å²) in [5.74, 6) is 0.176. The summed E-state index contributed by atoms with van der Waals surface area (Å²) in [4.78, 5) is 15.0. The second-order valence-electron chi connectivity index (χ2n) is 3.43. The van der Waals surface area contributed by atoms with Crippen molar-refractivity contribution in [2.24, 2.45) is 4.99 Å². The number of aromatic nitrogens is 2. The second-order valence-corrected chi connectivity index (χ2v) is 4.34. The normalized spacial score (nSPS) is 10.8. The topological polar surface area (TPSA) is 80.4 Å². The first-order valence-corrected chi connectivity index (χ1v) is 5.84. The Morgan fingerprint density at radius 3 is 2.78 bits per heavy atom. The van der Waals surface area contributed by atoms with Crippen LogP contribution in [0.4, 0.5) is 11.6 Å². The zero-order valence-corrected chi connectivity index (χ0v) is 11.0. The molecule has 1 N–H and O–H groups in total. The summed E-state index contributed by atoms with van der Waals surface area (Å²) < 4.78 is 5.51. The van der Waals surface area contributed by atoms with Gasteiger partial charge in [-0.25, -0.2) is 9.62 Å². The van der Waals surface area contributed by atoms with Gasteiger partial charge in [-0.3, -0.25) is 4.79 Å². The molecular weight excluding hydrogens is 300 g/mol. The first-order chi connectivity index (χ1) is 8.65. The van der Waals surface area contributed by atoms with E-state index in [0.29, 0.717) is 0 Å². The summed E-state index contributed by atoms with van der Waals surface area (Å²) >= 11 is 3.34. The van der Waals surface area contributed by atoms with Crippen LogP contribution in [-0.4, -0.2) is 22.4 Å². The zero-order chi connectivity index (χ0) is 13.0. The average molecular weight is 309 g/mol. The highest BCUT2D eigenvalue weighted by atomic mass is 79.9. The number of anilines is 1. The molecule has 0 saturated carbocycles. The number of amides is 1. The molecule has 0 aliphatic carbocycles. The van der Waals surface area contributed by atoms with Gasteiger partial charge in [0.1, 0.15) is 0 Å². The van der Waals surface area contributed by atoms with Crippen LogP contribution in [0.3, 0.4) is 0 Å². The van der Waals surface area contributed by atoms with E-state index in [0.717, 1.165) is 10.0 Å². The summed E-state index contributed by atoms with van der Waals surface area (Å²) in [5.41, 5.74) is 0.898. The lowest BCUT2D eigenvalue weighted by Crippen LogP contribution is -2.05. The number of hydrogen-bond donors (Lipinski definition) is 1. The molecule has 2 aromatic rings. The van der Waals surface area contributed by atoms with Crippen LogP contribution < -0.4 is 5.32 Å². The van der Waals surface area contributed by atoms with Gasteiger partial charge in [-0.1, -0.05) is 28.1 Å². The van der Waals surface area contributed by atoms with Crippen molar-refractivity contribution in [2.75, 3.05) is 5.32 Å². The quantitative estimate of drug-likeness (QED) is 0.884. The fourth-order valence-electron chi connectivity index (χ4n) is 1.20. The minimum Gasteiger partial charge on any atom is -0.305 e. The molecule has 0 spiro atoms. The molecule has 0 atom stereocenters. The predicted octanol–water partition coefficient (Wildman–Crippen LogP) is 2.54. The maximum atomic E-state index is 10.9. The molecule has 92 valence electrons. The van der Waals surface area contributed by atoms with Gasteiger partial charge in [-0.05, 0) is 28.0 Å². The number of nitrogens with one attached hydrogen (secondary N) is 1. The molecule has 6 nitrogen and oxygen atoms in total. The van der Waals surface area contributed by atoms with Crippen molar-refractivity contribution < 1.29 is 9.42 Å². The Labute approximate surface area is 111 Å². The van der Waals surface area contributed by atoms with Gasteiger partial charge in [-0.15, -0.1) is 0 Å². The van der Waals surface area contributed by atoms with Crippen LogP contribution in [0, 0.1) is 0 Å². The van der Waals surface area contributed by atoms with E-state index in [1.54, 1.807) is 6.21 Å². The van der Waals surface area contributed by atoms with E-state index < -0.39 is 0 Å². The van der Waals surface area contributed by atoms with Gasteiger partial charge in [-0.2, -0.15) is 0 Å². The fourth-order valence-corrected chi connectivity index (χ4v) is 1.46. The van der Waals surface area contributed by atoms with Gasteiger partial charge in [0.15, 0.2) is 0 Å². The molecule has 0 bridgehead atoms. The molecule has 0 aliphatic rings. The maximum Gasteiger partial charge on any atom is 0.241 e. The summed E-state index contributed by atoms with van der Waals surface area (Å²) in [5, 5.41) is 9.61. The molecule has 1 amide bonds. The largest absolute Gasteiger partial charge is 0.305 e. The summed E-state index contributed by atoms with van der Waals surface area (Å²) in [6.45, 7) is 1.37. The smallest absolute Gasteiger partial charge is 0.241 e. The zero-order valence-electron chi connectivity index (χ0n) is 9.42. The number of aliphatic imine (C=N–C) groups is 1. The van der Waals surface area contributed by atoms with Crippen LogP contribution in [-0.2, 0) is 4.79 Å². The first kappa shape index (κ1) is 12.4. The van der Waals surface area contributed by atoms with Crippen molar-refractivity contribution in [1.82, 2.24) is 10.3 Å². The molecule has 0 radical (unpaired) electrons. The van der Waals surface area contributed by atoms with Gasteiger partial charge in [0.2, 0.25) is 17.5 Å². The molecule has 0 unspecified atom stereocenters. The van der Waals surface area contributed by atoms with Crippen LogP contribution in [0.5, 0.6) is 0 Å². The predicted molar refractivity (Wildman–Crippen MR) is 70.0 cm³/mol. The number of hydrogen-bond acceptors (Lipinski definition) is 5. The molecule has 0 saturated heterocycles. The Kier molecular flexibility index (Phi) is 3.83. The van der Waals surface area contributed by atoms with Crippen LogP contribution in [0.15, 0.2) is 38.4 Å². The van der Waals surface area contributed by atoms with Crippen molar-refractivity contribution in [3.05, 3.63) is 34.3 Å². The SMILES string of the molecule is CC(=O)Nc1nonc1N=Cc1ccc(Br)cc1. The van der Waals surface area contributed by atoms with Crippen LogP contribution in [0.2, 0.25) is 0 Å². The lowest BCUT2D eigenvalue weighted by Gasteiger charge is -1.95. The van der Waals surface area contributed by atoms with Crippen LogP contribution >= 0.6 is 15.9 Å². The molecule has 0 aliphatic heterocycles. The number of rotatable bonds is 3. The lowest BCUT2D eigenvalue weighted by molar-refractivity contribution is -0.114. The monoisotopic (exact) mass is 308 g/mol. The third-order valence-corrected chi connectivity index (χ3v) is 2.50. The van der Waals surface area contributed by atoms with Crippen molar-refractivity contribution in [3.8, 4) is 0 Å². The average Bonchev–Trinajstić information content (AvgIpc) is 2.75. The van der Waals surface area contributed by atoms with Crippen molar-refractivity contribution in [3.63, 3.8) is 0 Å². The molecule has 2 rings (SSSR count). The standard InChI is InChI=1S/C11H9BrN4O2/c1-7(17)14-11-10(15-18-16-11)13-6-8-2-4-9(12)5-3-8/h2-6H,1H3,(H,14,16,17). The molecule has 1 aromatic heterocycles. The van der Waals surface area contributed by atoms with E-state index in [4.69, 9.17) is 0 Å². The third kappa shape index (κ3) is 3.24. The Morgan fingerprint density at radius 2 is 2.11 bits per heavy atom. The molecule has 1 heterocycles. The van der Waals surface area contributed by atoms with Crippen molar-refractivity contribution >= 4 is 39.7 Å². The molecular formula is C11H9BrN4O2. The van der Waals surface area contributed by atoms with Crippen LogP contribution in [0.1, 0.15) is 12.5 Å². The van der Waals surface area contributed by atoms with Gasteiger partial charge >= 0.3 is 0 Å². The highest BCUT2D eigenvalue weighted by Gasteiger charge is 2.09. The van der Waals surface area contributed by atoms with Gasteiger partial charge in [0.05, 0.1) is 0 Å². The van der Waals surface area contributed by atoms with Crippen molar-refractivity contribution in [1.29, 1.82) is 0 Å². The van der Waals surface area contributed by atoms with Crippen LogP contribution in [0.25, 0.3) is 0 Å². The highest BCUT2D eigenvalue weighted by molar-refractivity contribution is 9.10. The first-order valence-electron chi connectivity index (χ1n) is 5.05. The van der Waals surface area contributed by atoms with E-state index in [2.05, 4.69) is 41.2 Å². The number of benzene rings is 1. The Bertz CT molecular complexity index is 577. The van der Waals surface area contributed by atoms with Gasteiger partial charge < -0.3 is 5.32 Å². The van der Waals surface area contributed by atoms with E-state index in [-0.39, 0.29) is 17.5 Å². The molecule has 7 heteroatoms. The van der Waals surface area contributed by atoms with E-state index in [9.17, 15) is 4.79 Å². The molecule has 1 aromatic carbocycles. The molecule has 18 heavy (non-hydrogen) atoms. The number of carbonyl (C=O) groups is 1. The van der Waals surface area contributed by atoms with Crippen molar-refractivity contribution in [2.45, 2.75) is 6.92 Å². The van der Waals surface area contributed by atoms with E-state index >= 15 is 0 Å². The number of carbonyl (C=O) groups excluding carboxylic acids is 1. The van der Waals surface area contributed by atoms with E-state index in [1.807, 2.05) is 24.3 Å². The Balaban J connectivity index is 2.16. The Hall–Kier alpha value is -2.02. The highest BCUT2D eigenvalue weighted by Crippen LogP contribution is 2.19. The van der Waals surface area contributed by atoms with Gasteiger partial charge in [0.25, 0.3) is 0 Å². The third-order valence-electron chi connectivity index (χ3n) is 1.97. The Morgan fingerprint density at radius 1 is 1.39 bits per heavy atom. The number of halogens is 1. The minimum atomic E-state index is -0.259. The summed E-state index contributed by atoms with van der Waals surface area (Å²) in [6, 6.07) is 7.58. The van der Waals surface area contributed by atoms with E-state index in [1.165, 1.54) is 6.92 Å².